The van der Waals surface area contributed by atoms with Crippen molar-refractivity contribution >= 4 is 22.9 Å². The number of nitrogen functional groups attached to an aromatic ring is 1. The lowest BCUT2D eigenvalue weighted by Gasteiger charge is -2.16. The van der Waals surface area contributed by atoms with E-state index in [4.69, 9.17) is 15.0 Å². The number of aliphatic hydroxyl groups excluding tert-OH is 2. The topological polar surface area (TPSA) is 183 Å². The van der Waals surface area contributed by atoms with Crippen LogP contribution in [0.15, 0.2) is 35.2 Å². The van der Waals surface area contributed by atoms with Gasteiger partial charge in [0.1, 0.15) is 17.7 Å². The molecule has 0 aliphatic carbocycles. The zero-order valence-corrected chi connectivity index (χ0v) is 17.0. The Bertz CT molecular complexity index is 1230. The third-order valence-corrected chi connectivity index (χ3v) is 5.14. The van der Waals surface area contributed by atoms with Crippen molar-refractivity contribution in [2.24, 2.45) is 0 Å². The van der Waals surface area contributed by atoms with Crippen molar-refractivity contribution in [3.63, 3.8) is 0 Å². The van der Waals surface area contributed by atoms with E-state index >= 15 is 0 Å². The minimum atomic E-state index is -1.29. The average molecular weight is 439 g/mol. The monoisotopic (exact) mass is 439 g/mol. The Hall–Kier alpha value is -3.68. The van der Waals surface area contributed by atoms with E-state index in [-0.39, 0.29) is 11.7 Å². The number of pyridine rings is 1. The first kappa shape index (κ1) is 20.2. The second-order valence-corrected chi connectivity index (χ2v) is 7.36. The Morgan fingerprint density at radius 1 is 1.16 bits per heavy atom. The van der Waals surface area contributed by atoms with Gasteiger partial charge in [0, 0.05) is 24.9 Å². The molecule has 13 heteroatoms. The molecule has 5 rings (SSSR count). The molecule has 166 valence electrons. The molecule has 1 saturated heterocycles. The van der Waals surface area contributed by atoms with Gasteiger partial charge in [-0.3, -0.25) is 9.55 Å². The first-order valence-electron chi connectivity index (χ1n) is 9.97. The molecule has 32 heavy (non-hydrogen) atoms. The summed E-state index contributed by atoms with van der Waals surface area (Å²) in [6.07, 6.45) is -0.738. The van der Waals surface area contributed by atoms with Gasteiger partial charge in [-0.2, -0.15) is 15.0 Å². The van der Waals surface area contributed by atoms with Crippen LogP contribution in [-0.4, -0.2) is 63.6 Å². The van der Waals surface area contributed by atoms with E-state index in [2.05, 4.69) is 35.4 Å². The highest BCUT2D eigenvalue weighted by atomic mass is 16.6. The van der Waals surface area contributed by atoms with E-state index < -0.39 is 24.5 Å². The van der Waals surface area contributed by atoms with E-state index in [1.165, 1.54) is 10.9 Å². The number of hydrogen-bond acceptors (Lipinski definition) is 12. The Balaban J connectivity index is 1.39. The van der Waals surface area contributed by atoms with Gasteiger partial charge in [0.2, 0.25) is 5.95 Å². The minimum absolute atomic E-state index is 0.0759. The number of fused-ring (bicyclic) bond motifs is 1. The quantitative estimate of drug-likeness (QED) is 0.319. The molecule has 0 aromatic carbocycles. The molecule has 0 amide bonds. The summed E-state index contributed by atoms with van der Waals surface area (Å²) >= 11 is 0. The molecule has 0 unspecified atom stereocenters. The van der Waals surface area contributed by atoms with Gasteiger partial charge in [-0.15, -0.1) is 0 Å². The van der Waals surface area contributed by atoms with E-state index in [1.54, 1.807) is 13.1 Å². The minimum Gasteiger partial charge on any atom is -0.387 e. The summed E-state index contributed by atoms with van der Waals surface area (Å²) in [6.45, 7) is 2.18. The van der Waals surface area contributed by atoms with Crippen LogP contribution in [0.25, 0.3) is 11.2 Å². The number of aryl methyl sites for hydroxylation is 1. The maximum atomic E-state index is 10.6. The van der Waals surface area contributed by atoms with Crippen LogP contribution in [0.1, 0.15) is 29.7 Å². The third kappa shape index (κ3) is 3.62. The summed E-state index contributed by atoms with van der Waals surface area (Å²) in [7, 11) is 0. The fourth-order valence-corrected chi connectivity index (χ4v) is 3.57. The molecule has 5 N–H and O–H groups in total. The van der Waals surface area contributed by atoms with Crippen molar-refractivity contribution in [1.82, 2.24) is 34.6 Å². The number of rotatable bonds is 6. The van der Waals surface area contributed by atoms with E-state index in [0.717, 1.165) is 5.69 Å². The normalized spacial score (nSPS) is 23.1. The molecular formula is C19H21N9O4. The molecule has 4 aromatic heterocycles. The largest absolute Gasteiger partial charge is 0.387 e. The van der Waals surface area contributed by atoms with Crippen LogP contribution >= 0.6 is 0 Å². The van der Waals surface area contributed by atoms with Crippen LogP contribution < -0.4 is 11.1 Å². The van der Waals surface area contributed by atoms with Crippen molar-refractivity contribution in [3.05, 3.63) is 48.1 Å². The molecular weight excluding hydrogens is 418 g/mol. The lowest BCUT2D eigenvalue weighted by molar-refractivity contribution is -0.0451. The third-order valence-electron chi connectivity index (χ3n) is 5.14. The molecule has 0 spiro atoms. The van der Waals surface area contributed by atoms with E-state index in [1.807, 2.05) is 18.2 Å². The molecule has 0 radical (unpaired) electrons. The summed E-state index contributed by atoms with van der Waals surface area (Å²) in [5, 5.41) is 27.9. The number of aliphatic hydroxyl groups is 2. The SMILES string of the molecule is Cc1noc([C@H]2O[C@@H](n3cnc4c(N)nc(NCCc5ccccn5)nc43)[C@H](O)[C@@H]2O)n1. The van der Waals surface area contributed by atoms with E-state index in [9.17, 15) is 10.2 Å². The summed E-state index contributed by atoms with van der Waals surface area (Å²) in [6, 6.07) is 5.71. The second-order valence-electron chi connectivity index (χ2n) is 7.36. The van der Waals surface area contributed by atoms with Gasteiger partial charge in [0.15, 0.2) is 29.6 Å². The highest BCUT2D eigenvalue weighted by molar-refractivity contribution is 5.83. The molecule has 0 bridgehead atoms. The molecule has 1 aliphatic heterocycles. The van der Waals surface area contributed by atoms with Crippen LogP contribution in [-0.2, 0) is 11.2 Å². The molecule has 4 aromatic rings. The standard InChI is InChI=1S/C19H21N9O4/c1-9-24-17(32-27-9)14-12(29)13(30)18(31-14)28-8-23-11-15(20)25-19(26-16(11)28)22-7-5-10-4-2-3-6-21-10/h2-4,6,8,12-14,18,29-30H,5,7H2,1H3,(H3,20,22,25,26)/t12-,13+,14-,18+/m0/s1. The van der Waals surface area contributed by atoms with Crippen molar-refractivity contribution in [3.8, 4) is 0 Å². The first-order chi connectivity index (χ1) is 15.5. The Morgan fingerprint density at radius 2 is 2.03 bits per heavy atom. The molecule has 5 heterocycles. The summed E-state index contributed by atoms with van der Waals surface area (Å²) in [5.41, 5.74) is 7.69. The van der Waals surface area contributed by atoms with Crippen LogP contribution in [0.5, 0.6) is 0 Å². The van der Waals surface area contributed by atoms with Crippen molar-refractivity contribution in [2.75, 3.05) is 17.6 Å². The predicted molar refractivity (Wildman–Crippen MR) is 110 cm³/mol. The molecule has 0 saturated carbocycles. The highest BCUT2D eigenvalue weighted by Crippen LogP contribution is 2.39. The molecule has 13 nitrogen and oxygen atoms in total. The summed E-state index contributed by atoms with van der Waals surface area (Å²) in [5.74, 6) is 0.937. The summed E-state index contributed by atoms with van der Waals surface area (Å²) in [4.78, 5) is 21.3. The lowest BCUT2D eigenvalue weighted by Crippen LogP contribution is -2.29. The first-order valence-corrected chi connectivity index (χ1v) is 9.97. The zero-order chi connectivity index (χ0) is 22.2. The summed E-state index contributed by atoms with van der Waals surface area (Å²) < 4.78 is 12.4. The highest BCUT2D eigenvalue weighted by Gasteiger charge is 2.47. The van der Waals surface area contributed by atoms with Gasteiger partial charge in [-0.25, -0.2) is 4.98 Å². The predicted octanol–water partition coefficient (Wildman–Crippen LogP) is 0.141. The Labute approximate surface area is 181 Å². The van der Waals surface area contributed by atoms with E-state index in [0.29, 0.717) is 35.9 Å². The number of ether oxygens (including phenoxy) is 1. The Morgan fingerprint density at radius 3 is 2.78 bits per heavy atom. The van der Waals surface area contributed by atoms with Gasteiger partial charge in [0.25, 0.3) is 5.89 Å². The number of imidazole rings is 1. The van der Waals surface area contributed by atoms with Crippen LogP contribution in [0.4, 0.5) is 11.8 Å². The number of nitrogens with two attached hydrogens (primary N) is 1. The molecule has 1 aliphatic rings. The lowest BCUT2D eigenvalue weighted by atomic mass is 10.1. The van der Waals surface area contributed by atoms with Crippen molar-refractivity contribution in [2.45, 2.75) is 37.9 Å². The maximum Gasteiger partial charge on any atom is 0.258 e. The zero-order valence-electron chi connectivity index (χ0n) is 17.0. The molecule has 1 fully saturated rings. The molecule has 4 atom stereocenters. The number of hydrogen-bond donors (Lipinski definition) is 4. The average Bonchev–Trinajstić information content (AvgIpc) is 3.48. The number of aromatic nitrogens is 7. The fourth-order valence-electron chi connectivity index (χ4n) is 3.57. The maximum absolute atomic E-state index is 10.6. The van der Waals surface area contributed by atoms with Crippen LogP contribution in [0, 0.1) is 6.92 Å². The van der Waals surface area contributed by atoms with Gasteiger partial charge >= 0.3 is 0 Å². The fraction of sp³-hybridized carbons (Fsp3) is 0.368. The number of nitrogens with one attached hydrogen (secondary N) is 1. The second kappa shape index (κ2) is 8.11. The van der Waals surface area contributed by atoms with Crippen molar-refractivity contribution in [1.29, 1.82) is 0 Å². The van der Waals surface area contributed by atoms with Gasteiger partial charge in [0.05, 0.1) is 6.33 Å². The van der Waals surface area contributed by atoms with Crippen LogP contribution in [0.2, 0.25) is 0 Å². The van der Waals surface area contributed by atoms with Gasteiger partial charge in [-0.1, -0.05) is 11.2 Å². The number of anilines is 2. The van der Waals surface area contributed by atoms with Gasteiger partial charge in [-0.05, 0) is 19.1 Å². The van der Waals surface area contributed by atoms with Crippen molar-refractivity contribution < 1.29 is 19.5 Å². The van der Waals surface area contributed by atoms with Crippen LogP contribution in [0.3, 0.4) is 0 Å². The number of nitrogens with zero attached hydrogens (tertiary/aromatic N) is 7. The Kier molecular flexibility index (Phi) is 5.13. The smallest absolute Gasteiger partial charge is 0.258 e. The van der Waals surface area contributed by atoms with Gasteiger partial charge < -0.3 is 30.5 Å².